The number of anilines is 1. The molecule has 16 heavy (non-hydrogen) atoms. The Morgan fingerprint density at radius 3 is 2.62 bits per heavy atom. The minimum Gasteiger partial charge on any atom is -0.398 e. The summed E-state index contributed by atoms with van der Waals surface area (Å²) >= 11 is 0. The lowest BCUT2D eigenvalue weighted by Gasteiger charge is -2.13. The summed E-state index contributed by atoms with van der Waals surface area (Å²) in [5.74, 6) is -0.559. The Morgan fingerprint density at radius 1 is 1.50 bits per heavy atom. The van der Waals surface area contributed by atoms with Gasteiger partial charge < -0.3 is 10.5 Å². The predicted octanol–water partition coefficient (Wildman–Crippen LogP) is 1.22. The molecular weight excluding hydrogens is 233 g/mol. The van der Waals surface area contributed by atoms with E-state index in [9.17, 15) is 12.8 Å². The van der Waals surface area contributed by atoms with Crippen LogP contribution < -0.4 is 5.73 Å². The van der Waals surface area contributed by atoms with Crippen molar-refractivity contribution < 1.29 is 17.5 Å². The average molecular weight is 247 g/mol. The molecule has 0 amide bonds. The van der Waals surface area contributed by atoms with E-state index in [-0.39, 0.29) is 17.2 Å². The van der Waals surface area contributed by atoms with Gasteiger partial charge in [-0.15, -0.1) is 0 Å². The second kappa shape index (κ2) is 4.80. The Balaban J connectivity index is 3.17. The number of methoxy groups -OCH3 is 1. The topological polar surface area (TPSA) is 69.4 Å². The van der Waals surface area contributed by atoms with Crippen LogP contribution in [0.4, 0.5) is 10.1 Å². The van der Waals surface area contributed by atoms with Crippen molar-refractivity contribution in [2.75, 3.05) is 19.5 Å². The highest BCUT2D eigenvalue weighted by Gasteiger charge is 2.25. The van der Waals surface area contributed by atoms with Gasteiger partial charge in [0, 0.05) is 7.11 Å². The molecule has 2 N–H and O–H groups in total. The fourth-order valence-electron chi connectivity index (χ4n) is 1.32. The van der Waals surface area contributed by atoms with Crippen LogP contribution in [0, 0.1) is 5.82 Å². The number of nitrogen functional groups attached to an aromatic ring is 1. The summed E-state index contributed by atoms with van der Waals surface area (Å²) in [6.45, 7) is 1.58. The van der Waals surface area contributed by atoms with Gasteiger partial charge in [-0.25, -0.2) is 12.8 Å². The molecule has 0 saturated carbocycles. The Kier molecular flexibility index (Phi) is 3.88. The molecule has 1 aromatic rings. The summed E-state index contributed by atoms with van der Waals surface area (Å²) < 4.78 is 41.5. The third kappa shape index (κ3) is 2.51. The van der Waals surface area contributed by atoms with Crippen LogP contribution in [0.1, 0.15) is 6.92 Å². The van der Waals surface area contributed by atoms with E-state index in [2.05, 4.69) is 0 Å². The molecule has 6 heteroatoms. The molecule has 4 nitrogen and oxygen atoms in total. The molecule has 0 saturated heterocycles. The van der Waals surface area contributed by atoms with Gasteiger partial charge in [0.05, 0.1) is 22.4 Å². The number of benzene rings is 1. The molecule has 0 aliphatic heterocycles. The van der Waals surface area contributed by atoms with Crippen molar-refractivity contribution in [2.45, 2.75) is 17.1 Å². The highest BCUT2D eigenvalue weighted by molar-refractivity contribution is 7.92. The van der Waals surface area contributed by atoms with Gasteiger partial charge in [0.15, 0.2) is 9.84 Å². The van der Waals surface area contributed by atoms with E-state index in [1.807, 2.05) is 0 Å². The molecule has 90 valence electrons. The summed E-state index contributed by atoms with van der Waals surface area (Å²) in [6, 6.07) is 3.24. The maximum Gasteiger partial charge on any atom is 0.185 e. The smallest absolute Gasteiger partial charge is 0.185 e. The number of hydrogen-bond acceptors (Lipinski definition) is 4. The van der Waals surface area contributed by atoms with E-state index in [1.165, 1.54) is 20.1 Å². The summed E-state index contributed by atoms with van der Waals surface area (Å²) in [6.07, 6.45) is 0. The average Bonchev–Trinajstić information content (AvgIpc) is 2.17. The highest BCUT2D eigenvalue weighted by Crippen LogP contribution is 2.23. The number of halogens is 1. The monoisotopic (exact) mass is 247 g/mol. The Labute approximate surface area is 94.1 Å². The van der Waals surface area contributed by atoms with E-state index in [0.717, 1.165) is 12.1 Å². The Hall–Kier alpha value is -1.14. The Bertz CT molecular complexity index is 473. The zero-order chi connectivity index (χ0) is 12.3. The van der Waals surface area contributed by atoms with Crippen molar-refractivity contribution in [1.29, 1.82) is 0 Å². The van der Waals surface area contributed by atoms with Crippen LogP contribution in [0.15, 0.2) is 23.1 Å². The molecule has 1 atom stereocenters. The zero-order valence-electron chi connectivity index (χ0n) is 9.10. The first-order valence-electron chi connectivity index (χ1n) is 4.67. The van der Waals surface area contributed by atoms with Crippen molar-refractivity contribution >= 4 is 15.5 Å². The van der Waals surface area contributed by atoms with E-state index in [0.29, 0.717) is 0 Å². The van der Waals surface area contributed by atoms with Crippen molar-refractivity contribution in [3.05, 3.63) is 24.0 Å². The molecule has 1 aromatic carbocycles. The standard InChI is InChI=1S/C10H14FNO3S/c1-7(6-15-2)16(13,14)10-4-3-8(11)5-9(10)12/h3-5,7H,6,12H2,1-2H3. The molecule has 0 aromatic heterocycles. The molecule has 0 aliphatic carbocycles. The normalized spacial score (nSPS) is 13.7. The van der Waals surface area contributed by atoms with Crippen molar-refractivity contribution in [2.24, 2.45) is 0 Å². The Morgan fingerprint density at radius 2 is 2.12 bits per heavy atom. The minimum absolute atomic E-state index is 0.0570. The van der Waals surface area contributed by atoms with Gasteiger partial charge in [-0.05, 0) is 25.1 Å². The van der Waals surface area contributed by atoms with Gasteiger partial charge in [0.25, 0.3) is 0 Å². The largest absolute Gasteiger partial charge is 0.398 e. The first-order valence-corrected chi connectivity index (χ1v) is 6.22. The first kappa shape index (κ1) is 12.9. The molecule has 1 rings (SSSR count). The highest BCUT2D eigenvalue weighted by atomic mass is 32.2. The molecule has 0 bridgehead atoms. The third-order valence-corrected chi connectivity index (χ3v) is 4.39. The van der Waals surface area contributed by atoms with Crippen molar-refractivity contribution in [3.8, 4) is 0 Å². The summed E-state index contributed by atoms with van der Waals surface area (Å²) in [4.78, 5) is -0.0570. The first-order chi connectivity index (χ1) is 7.39. The van der Waals surface area contributed by atoms with Crippen LogP contribution in [0.3, 0.4) is 0 Å². The van der Waals surface area contributed by atoms with Gasteiger partial charge in [-0.1, -0.05) is 0 Å². The van der Waals surface area contributed by atoms with Gasteiger partial charge in [-0.3, -0.25) is 0 Å². The molecule has 0 fully saturated rings. The number of ether oxygens (including phenoxy) is 1. The fourth-order valence-corrected chi connectivity index (χ4v) is 2.71. The fraction of sp³-hybridized carbons (Fsp3) is 0.400. The lowest BCUT2D eigenvalue weighted by atomic mass is 10.3. The molecule has 0 spiro atoms. The van der Waals surface area contributed by atoms with Gasteiger partial charge >= 0.3 is 0 Å². The van der Waals surface area contributed by atoms with Crippen LogP contribution in [0.5, 0.6) is 0 Å². The van der Waals surface area contributed by atoms with Crippen molar-refractivity contribution in [1.82, 2.24) is 0 Å². The van der Waals surface area contributed by atoms with E-state index < -0.39 is 20.9 Å². The number of hydrogen-bond donors (Lipinski definition) is 1. The summed E-state index contributed by atoms with van der Waals surface area (Å²) in [5, 5.41) is -0.717. The zero-order valence-corrected chi connectivity index (χ0v) is 9.92. The summed E-state index contributed by atoms with van der Waals surface area (Å²) in [7, 11) is -2.15. The van der Waals surface area contributed by atoms with Crippen LogP contribution in [-0.2, 0) is 14.6 Å². The number of rotatable bonds is 4. The molecule has 1 unspecified atom stereocenters. The predicted molar refractivity (Wildman–Crippen MR) is 59.3 cm³/mol. The van der Waals surface area contributed by atoms with Crippen molar-refractivity contribution in [3.63, 3.8) is 0 Å². The van der Waals surface area contributed by atoms with Crippen LogP contribution in [-0.4, -0.2) is 27.4 Å². The second-order valence-corrected chi connectivity index (χ2v) is 5.83. The molecular formula is C10H14FNO3S. The maximum atomic E-state index is 12.8. The molecule has 0 radical (unpaired) electrons. The second-order valence-electron chi connectivity index (χ2n) is 3.49. The lowest BCUT2D eigenvalue weighted by Crippen LogP contribution is -2.23. The van der Waals surface area contributed by atoms with Crippen LogP contribution in [0.25, 0.3) is 0 Å². The maximum absolute atomic E-state index is 12.8. The van der Waals surface area contributed by atoms with Gasteiger partial charge in [-0.2, -0.15) is 0 Å². The third-order valence-electron chi connectivity index (χ3n) is 2.21. The number of sulfone groups is 1. The van der Waals surface area contributed by atoms with Crippen LogP contribution in [0.2, 0.25) is 0 Å². The minimum atomic E-state index is -3.57. The van der Waals surface area contributed by atoms with E-state index in [1.54, 1.807) is 0 Å². The molecule has 0 heterocycles. The summed E-state index contributed by atoms with van der Waals surface area (Å²) in [5.41, 5.74) is 5.40. The van der Waals surface area contributed by atoms with Crippen LogP contribution >= 0.6 is 0 Å². The number of nitrogens with two attached hydrogens (primary N) is 1. The lowest BCUT2D eigenvalue weighted by molar-refractivity contribution is 0.200. The van der Waals surface area contributed by atoms with E-state index >= 15 is 0 Å². The van der Waals surface area contributed by atoms with Gasteiger partial charge in [0.1, 0.15) is 5.82 Å². The SMILES string of the molecule is COCC(C)S(=O)(=O)c1ccc(F)cc1N. The van der Waals surface area contributed by atoms with Gasteiger partial charge in [0.2, 0.25) is 0 Å². The molecule has 0 aliphatic rings. The van der Waals surface area contributed by atoms with E-state index in [4.69, 9.17) is 10.5 Å². The quantitative estimate of drug-likeness (QED) is 0.641.